The number of aromatic nitrogens is 3. The molecule has 1 heterocycles. The van der Waals surface area contributed by atoms with E-state index >= 15 is 0 Å². The second kappa shape index (κ2) is 5.43. The number of nitrogens with zero attached hydrogens (tertiary/aromatic N) is 2. The number of hydrogen-bond acceptors (Lipinski definition) is 5. The summed E-state index contributed by atoms with van der Waals surface area (Å²) < 4.78 is 31.3. The highest BCUT2D eigenvalue weighted by molar-refractivity contribution is 6.03. The Labute approximate surface area is 110 Å². The van der Waals surface area contributed by atoms with E-state index in [4.69, 9.17) is 0 Å². The number of halogens is 2. The van der Waals surface area contributed by atoms with Crippen LogP contribution < -0.4 is 5.32 Å². The first-order valence-corrected chi connectivity index (χ1v) is 5.27. The number of methoxy groups -OCH3 is 1. The van der Waals surface area contributed by atoms with Crippen LogP contribution in [0.1, 0.15) is 20.8 Å². The summed E-state index contributed by atoms with van der Waals surface area (Å²) in [5.74, 6) is -3.87. The number of hydrogen-bond donors (Lipinski definition) is 2. The SMILES string of the molecule is COC(=O)c1cc(NC(=O)c2cn[nH]n2)c(F)cc1F. The Hall–Kier alpha value is -2.84. The van der Waals surface area contributed by atoms with Crippen LogP contribution in [-0.4, -0.2) is 34.4 Å². The van der Waals surface area contributed by atoms with Crippen molar-refractivity contribution in [3.8, 4) is 0 Å². The van der Waals surface area contributed by atoms with Gasteiger partial charge in [0.1, 0.15) is 11.6 Å². The van der Waals surface area contributed by atoms with Crippen molar-refractivity contribution < 1.29 is 23.1 Å². The maximum Gasteiger partial charge on any atom is 0.340 e. The van der Waals surface area contributed by atoms with Gasteiger partial charge in [-0.2, -0.15) is 15.4 Å². The lowest BCUT2D eigenvalue weighted by atomic mass is 10.1. The quantitative estimate of drug-likeness (QED) is 0.822. The standard InChI is InChI=1S/C11H8F2N4O3/c1-20-11(19)5-2-8(7(13)3-6(5)12)15-10(18)9-4-14-17-16-9/h2-4H,1H3,(H,15,18)(H,14,16,17). The average molecular weight is 282 g/mol. The summed E-state index contributed by atoms with van der Waals surface area (Å²) in [5.41, 5.74) is -0.961. The molecular formula is C11H8F2N4O3. The van der Waals surface area contributed by atoms with Gasteiger partial charge in [0.15, 0.2) is 5.69 Å². The molecule has 20 heavy (non-hydrogen) atoms. The molecule has 7 nitrogen and oxygen atoms in total. The van der Waals surface area contributed by atoms with Crippen molar-refractivity contribution in [2.24, 2.45) is 0 Å². The van der Waals surface area contributed by atoms with Crippen LogP contribution in [0, 0.1) is 11.6 Å². The maximum absolute atomic E-state index is 13.5. The van der Waals surface area contributed by atoms with Crippen LogP contribution in [-0.2, 0) is 4.74 Å². The average Bonchev–Trinajstić information content (AvgIpc) is 2.95. The normalized spacial score (nSPS) is 10.2. The number of amides is 1. The van der Waals surface area contributed by atoms with Crippen LogP contribution in [0.15, 0.2) is 18.3 Å². The van der Waals surface area contributed by atoms with E-state index in [0.29, 0.717) is 6.07 Å². The highest BCUT2D eigenvalue weighted by Crippen LogP contribution is 2.20. The molecule has 2 N–H and O–H groups in total. The van der Waals surface area contributed by atoms with E-state index < -0.39 is 29.1 Å². The lowest BCUT2D eigenvalue weighted by Gasteiger charge is -2.07. The Balaban J connectivity index is 2.32. The van der Waals surface area contributed by atoms with E-state index in [-0.39, 0.29) is 11.4 Å². The molecule has 0 bridgehead atoms. The molecule has 9 heteroatoms. The topological polar surface area (TPSA) is 97.0 Å². The van der Waals surface area contributed by atoms with Crippen molar-refractivity contribution in [2.45, 2.75) is 0 Å². The van der Waals surface area contributed by atoms with E-state index in [1.165, 1.54) is 0 Å². The maximum atomic E-state index is 13.5. The summed E-state index contributed by atoms with van der Waals surface area (Å²) in [7, 11) is 1.05. The number of carbonyl (C=O) groups is 2. The van der Waals surface area contributed by atoms with Gasteiger partial charge in [-0.3, -0.25) is 4.79 Å². The summed E-state index contributed by atoms with van der Waals surface area (Å²) in [6.07, 6.45) is 1.12. The molecule has 1 aromatic carbocycles. The van der Waals surface area contributed by atoms with E-state index in [2.05, 4.69) is 25.5 Å². The van der Waals surface area contributed by atoms with Gasteiger partial charge in [0, 0.05) is 6.07 Å². The predicted octanol–water partition coefficient (Wildman–Crippen LogP) is 1.12. The number of anilines is 1. The van der Waals surface area contributed by atoms with Crippen LogP contribution in [0.25, 0.3) is 0 Å². The zero-order valence-electron chi connectivity index (χ0n) is 10.1. The number of esters is 1. The molecule has 0 fully saturated rings. The number of benzene rings is 1. The van der Waals surface area contributed by atoms with Gasteiger partial charge in [-0.1, -0.05) is 0 Å². The molecule has 0 saturated heterocycles. The third-order valence-corrected chi connectivity index (χ3v) is 2.36. The number of carbonyl (C=O) groups excluding carboxylic acids is 2. The van der Waals surface area contributed by atoms with Gasteiger partial charge in [0.05, 0.1) is 24.6 Å². The molecule has 0 spiro atoms. The third-order valence-electron chi connectivity index (χ3n) is 2.36. The molecule has 0 unspecified atom stereocenters. The largest absolute Gasteiger partial charge is 0.465 e. The van der Waals surface area contributed by atoms with E-state index in [1.54, 1.807) is 0 Å². The number of rotatable bonds is 3. The number of nitrogens with one attached hydrogen (secondary N) is 2. The molecule has 1 aromatic heterocycles. The Morgan fingerprint density at radius 3 is 2.65 bits per heavy atom. The molecule has 0 saturated carbocycles. The fourth-order valence-corrected chi connectivity index (χ4v) is 1.41. The Morgan fingerprint density at radius 1 is 1.30 bits per heavy atom. The Bertz CT molecular complexity index is 658. The van der Waals surface area contributed by atoms with Crippen LogP contribution in [0.3, 0.4) is 0 Å². The lowest BCUT2D eigenvalue weighted by Crippen LogP contribution is -2.15. The molecule has 0 aliphatic rings. The number of ether oxygens (including phenoxy) is 1. The van der Waals surface area contributed by atoms with Crippen LogP contribution in [0.5, 0.6) is 0 Å². The molecule has 0 aliphatic heterocycles. The van der Waals surface area contributed by atoms with E-state index in [1.807, 2.05) is 0 Å². The van der Waals surface area contributed by atoms with Gasteiger partial charge in [0.25, 0.3) is 5.91 Å². The highest BCUT2D eigenvalue weighted by atomic mass is 19.1. The zero-order valence-corrected chi connectivity index (χ0v) is 10.1. The molecule has 0 radical (unpaired) electrons. The second-order valence-corrected chi connectivity index (χ2v) is 3.61. The summed E-state index contributed by atoms with van der Waals surface area (Å²) in [6.45, 7) is 0. The summed E-state index contributed by atoms with van der Waals surface area (Å²) >= 11 is 0. The molecule has 0 aliphatic carbocycles. The smallest absolute Gasteiger partial charge is 0.340 e. The second-order valence-electron chi connectivity index (χ2n) is 3.61. The van der Waals surface area contributed by atoms with Gasteiger partial charge in [-0.05, 0) is 6.07 Å². The third kappa shape index (κ3) is 2.60. The minimum absolute atomic E-state index is 0.0895. The summed E-state index contributed by atoms with van der Waals surface area (Å²) in [4.78, 5) is 22.9. The minimum atomic E-state index is -1.09. The monoisotopic (exact) mass is 282 g/mol. The van der Waals surface area contributed by atoms with Crippen LogP contribution in [0.2, 0.25) is 0 Å². The van der Waals surface area contributed by atoms with Crippen LogP contribution >= 0.6 is 0 Å². The van der Waals surface area contributed by atoms with Crippen molar-refractivity contribution in [2.75, 3.05) is 12.4 Å². The highest BCUT2D eigenvalue weighted by Gasteiger charge is 2.18. The predicted molar refractivity (Wildman–Crippen MR) is 62.0 cm³/mol. The number of H-pyrrole nitrogens is 1. The van der Waals surface area contributed by atoms with Gasteiger partial charge in [-0.25, -0.2) is 13.6 Å². The number of aromatic amines is 1. The van der Waals surface area contributed by atoms with Crippen molar-refractivity contribution >= 4 is 17.6 Å². The van der Waals surface area contributed by atoms with E-state index in [0.717, 1.165) is 19.4 Å². The molecule has 2 aromatic rings. The Morgan fingerprint density at radius 2 is 2.05 bits per heavy atom. The fourth-order valence-electron chi connectivity index (χ4n) is 1.41. The summed E-state index contributed by atoms with van der Waals surface area (Å²) in [6, 6.07) is 1.32. The van der Waals surface area contributed by atoms with Gasteiger partial charge < -0.3 is 10.1 Å². The minimum Gasteiger partial charge on any atom is -0.465 e. The summed E-state index contributed by atoms with van der Waals surface area (Å²) in [5, 5.41) is 11.3. The van der Waals surface area contributed by atoms with Crippen LogP contribution in [0.4, 0.5) is 14.5 Å². The van der Waals surface area contributed by atoms with Gasteiger partial charge in [-0.15, -0.1) is 0 Å². The lowest BCUT2D eigenvalue weighted by molar-refractivity contribution is 0.0595. The van der Waals surface area contributed by atoms with Gasteiger partial charge >= 0.3 is 5.97 Å². The van der Waals surface area contributed by atoms with Crippen molar-refractivity contribution in [3.63, 3.8) is 0 Å². The first-order valence-electron chi connectivity index (χ1n) is 5.27. The zero-order chi connectivity index (χ0) is 14.7. The van der Waals surface area contributed by atoms with Gasteiger partial charge in [0.2, 0.25) is 0 Å². The fraction of sp³-hybridized carbons (Fsp3) is 0.0909. The van der Waals surface area contributed by atoms with Crippen molar-refractivity contribution in [3.05, 3.63) is 41.2 Å². The molecule has 1 amide bonds. The van der Waals surface area contributed by atoms with E-state index in [9.17, 15) is 18.4 Å². The first kappa shape index (κ1) is 13.6. The van der Waals surface area contributed by atoms with Crippen molar-refractivity contribution in [1.82, 2.24) is 15.4 Å². The Kier molecular flexibility index (Phi) is 3.69. The molecule has 104 valence electrons. The molecule has 0 atom stereocenters. The first-order chi connectivity index (χ1) is 9.52. The molecular weight excluding hydrogens is 274 g/mol. The molecule has 2 rings (SSSR count). The van der Waals surface area contributed by atoms with Crippen molar-refractivity contribution in [1.29, 1.82) is 0 Å².